The van der Waals surface area contributed by atoms with Crippen molar-refractivity contribution in [3.8, 4) is 23.1 Å². The van der Waals surface area contributed by atoms with Gasteiger partial charge in [-0.3, -0.25) is 4.79 Å². The molecule has 0 N–H and O–H groups in total. The molecule has 3 aromatic rings. The van der Waals surface area contributed by atoms with Crippen LogP contribution in [0.1, 0.15) is 27.6 Å². The molecule has 0 aliphatic carbocycles. The lowest BCUT2D eigenvalue weighted by molar-refractivity contribution is 0.0745. The van der Waals surface area contributed by atoms with Gasteiger partial charge in [-0.25, -0.2) is 14.6 Å². The highest BCUT2D eigenvalue weighted by Gasteiger charge is 2.26. The maximum absolute atomic E-state index is 13.2. The molecule has 1 aliphatic rings. The second-order valence-corrected chi connectivity index (χ2v) is 8.16. The standard InChI is InChI=1S/C24H30N6O4/c1-15-11-16(2)30(27-15)22-14-21(25-17(3)26-22)28-7-9-29(10-8-28)24(31)18-12-19(32-4)23(34-6)20(13-18)33-5/h11-14H,7-10H2,1-6H3. The van der Waals surface area contributed by atoms with Crippen LogP contribution in [0.4, 0.5) is 5.82 Å². The molecule has 4 rings (SSSR count). The molecule has 0 saturated carbocycles. The van der Waals surface area contributed by atoms with Gasteiger partial charge in [-0.15, -0.1) is 0 Å². The Morgan fingerprint density at radius 1 is 0.824 bits per heavy atom. The lowest BCUT2D eigenvalue weighted by atomic mass is 10.1. The molecule has 1 saturated heterocycles. The zero-order valence-electron chi connectivity index (χ0n) is 20.5. The van der Waals surface area contributed by atoms with Crippen LogP contribution in [0.15, 0.2) is 24.3 Å². The number of piperazine rings is 1. The predicted octanol–water partition coefficient (Wildman–Crippen LogP) is 2.58. The van der Waals surface area contributed by atoms with Crippen LogP contribution in [0.2, 0.25) is 0 Å². The van der Waals surface area contributed by atoms with Crippen molar-refractivity contribution in [1.29, 1.82) is 0 Å². The van der Waals surface area contributed by atoms with Gasteiger partial charge in [0, 0.05) is 43.5 Å². The number of aromatic nitrogens is 4. The molecule has 180 valence electrons. The molecule has 10 nitrogen and oxygen atoms in total. The van der Waals surface area contributed by atoms with Crippen LogP contribution in [0.3, 0.4) is 0 Å². The quantitative estimate of drug-likeness (QED) is 0.547. The first-order chi connectivity index (χ1) is 16.3. The van der Waals surface area contributed by atoms with Gasteiger partial charge in [0.05, 0.1) is 27.0 Å². The van der Waals surface area contributed by atoms with Crippen molar-refractivity contribution in [2.45, 2.75) is 20.8 Å². The molecule has 0 radical (unpaired) electrons. The van der Waals surface area contributed by atoms with Crippen LogP contribution in [0.5, 0.6) is 17.2 Å². The highest BCUT2D eigenvalue weighted by atomic mass is 16.5. The molecule has 1 fully saturated rings. The fourth-order valence-corrected chi connectivity index (χ4v) is 4.19. The number of nitrogens with zero attached hydrogens (tertiary/aromatic N) is 6. The second kappa shape index (κ2) is 9.58. The molecule has 3 heterocycles. The third kappa shape index (κ3) is 4.48. The van der Waals surface area contributed by atoms with E-state index in [2.05, 4.69) is 20.0 Å². The fraction of sp³-hybridized carbons (Fsp3) is 0.417. The summed E-state index contributed by atoms with van der Waals surface area (Å²) in [6.07, 6.45) is 0. The molecule has 0 bridgehead atoms. The van der Waals surface area contributed by atoms with Gasteiger partial charge in [0.15, 0.2) is 17.3 Å². The Morgan fingerprint density at radius 2 is 1.44 bits per heavy atom. The first kappa shape index (κ1) is 23.3. The topological polar surface area (TPSA) is 94.8 Å². The molecule has 0 spiro atoms. The molecule has 1 aliphatic heterocycles. The highest BCUT2D eigenvalue weighted by Crippen LogP contribution is 2.38. The van der Waals surface area contributed by atoms with Crippen LogP contribution < -0.4 is 19.1 Å². The molecular formula is C24H30N6O4. The van der Waals surface area contributed by atoms with Gasteiger partial charge in [0.25, 0.3) is 5.91 Å². The minimum atomic E-state index is -0.0823. The Hall–Kier alpha value is -3.82. The van der Waals surface area contributed by atoms with Crippen LogP contribution in [0.25, 0.3) is 5.82 Å². The van der Waals surface area contributed by atoms with Crippen molar-refractivity contribution >= 4 is 11.7 Å². The Bertz CT molecular complexity index is 1180. The molecule has 10 heteroatoms. The minimum Gasteiger partial charge on any atom is -0.493 e. The first-order valence-corrected chi connectivity index (χ1v) is 11.1. The van der Waals surface area contributed by atoms with E-state index in [0.29, 0.717) is 54.8 Å². The summed E-state index contributed by atoms with van der Waals surface area (Å²) in [4.78, 5) is 26.4. The number of rotatable bonds is 6. The van der Waals surface area contributed by atoms with Gasteiger partial charge in [-0.1, -0.05) is 0 Å². The van der Waals surface area contributed by atoms with Gasteiger partial charge < -0.3 is 24.0 Å². The molecule has 0 atom stereocenters. The van der Waals surface area contributed by atoms with E-state index in [1.54, 1.807) is 12.1 Å². The SMILES string of the molecule is COc1cc(C(=O)N2CCN(c3cc(-n4nc(C)cc4C)nc(C)n3)CC2)cc(OC)c1OC. The van der Waals surface area contributed by atoms with Crippen LogP contribution >= 0.6 is 0 Å². The van der Waals surface area contributed by atoms with Gasteiger partial charge in [-0.05, 0) is 39.0 Å². The highest BCUT2D eigenvalue weighted by molar-refractivity contribution is 5.95. The number of amides is 1. The second-order valence-electron chi connectivity index (χ2n) is 8.16. The average Bonchev–Trinajstić information content (AvgIpc) is 3.19. The van der Waals surface area contributed by atoms with E-state index >= 15 is 0 Å². The number of hydrogen-bond acceptors (Lipinski definition) is 8. The zero-order chi connectivity index (χ0) is 24.4. The zero-order valence-corrected chi connectivity index (χ0v) is 20.5. The van der Waals surface area contributed by atoms with Gasteiger partial charge in [0.2, 0.25) is 5.75 Å². The van der Waals surface area contributed by atoms with Crippen LogP contribution in [0, 0.1) is 20.8 Å². The normalized spacial score (nSPS) is 13.7. The van der Waals surface area contributed by atoms with E-state index in [-0.39, 0.29) is 5.91 Å². The number of methoxy groups -OCH3 is 3. The number of aryl methyl sites for hydroxylation is 3. The number of ether oxygens (including phenoxy) is 3. The average molecular weight is 467 g/mol. The van der Waals surface area contributed by atoms with Crippen molar-refractivity contribution in [1.82, 2.24) is 24.6 Å². The van der Waals surface area contributed by atoms with E-state index in [9.17, 15) is 4.79 Å². The molecular weight excluding hydrogens is 436 g/mol. The number of carbonyl (C=O) groups is 1. The van der Waals surface area contributed by atoms with Gasteiger partial charge >= 0.3 is 0 Å². The Labute approximate surface area is 199 Å². The van der Waals surface area contributed by atoms with Crippen molar-refractivity contribution < 1.29 is 19.0 Å². The minimum absolute atomic E-state index is 0.0823. The Morgan fingerprint density at radius 3 is 1.97 bits per heavy atom. The largest absolute Gasteiger partial charge is 0.493 e. The third-order valence-electron chi connectivity index (χ3n) is 5.84. The predicted molar refractivity (Wildman–Crippen MR) is 128 cm³/mol. The maximum Gasteiger partial charge on any atom is 0.254 e. The van der Waals surface area contributed by atoms with Gasteiger partial charge in [0.1, 0.15) is 11.6 Å². The van der Waals surface area contributed by atoms with Crippen molar-refractivity contribution in [2.75, 3.05) is 52.4 Å². The van der Waals surface area contributed by atoms with E-state index in [0.717, 1.165) is 23.0 Å². The summed E-state index contributed by atoms with van der Waals surface area (Å²) in [5, 5.41) is 4.54. The number of anilines is 1. The van der Waals surface area contributed by atoms with Crippen LogP contribution in [-0.2, 0) is 0 Å². The van der Waals surface area contributed by atoms with E-state index < -0.39 is 0 Å². The summed E-state index contributed by atoms with van der Waals surface area (Å²) >= 11 is 0. The summed E-state index contributed by atoms with van der Waals surface area (Å²) in [6.45, 7) is 8.28. The van der Waals surface area contributed by atoms with E-state index in [1.165, 1.54) is 21.3 Å². The summed E-state index contributed by atoms with van der Waals surface area (Å²) in [6, 6.07) is 7.34. The van der Waals surface area contributed by atoms with E-state index in [1.807, 2.05) is 42.5 Å². The smallest absolute Gasteiger partial charge is 0.254 e. The lowest BCUT2D eigenvalue weighted by Gasteiger charge is -2.35. The first-order valence-electron chi connectivity index (χ1n) is 11.1. The molecule has 34 heavy (non-hydrogen) atoms. The molecule has 0 unspecified atom stereocenters. The Kier molecular flexibility index (Phi) is 6.58. The number of carbonyl (C=O) groups excluding carboxylic acids is 1. The summed E-state index contributed by atoms with van der Waals surface area (Å²) < 4.78 is 18.0. The fourth-order valence-electron chi connectivity index (χ4n) is 4.19. The monoisotopic (exact) mass is 466 g/mol. The molecule has 1 aromatic carbocycles. The van der Waals surface area contributed by atoms with Crippen molar-refractivity contribution in [2.24, 2.45) is 0 Å². The Balaban J connectivity index is 1.51. The van der Waals surface area contributed by atoms with Crippen LogP contribution in [-0.4, -0.2) is 78.1 Å². The van der Waals surface area contributed by atoms with Crippen molar-refractivity contribution in [3.05, 3.63) is 47.0 Å². The maximum atomic E-state index is 13.2. The summed E-state index contributed by atoms with van der Waals surface area (Å²) in [7, 11) is 4.61. The summed E-state index contributed by atoms with van der Waals surface area (Å²) in [5.41, 5.74) is 2.45. The molecule has 2 aromatic heterocycles. The third-order valence-corrected chi connectivity index (χ3v) is 5.84. The number of benzene rings is 1. The van der Waals surface area contributed by atoms with Crippen molar-refractivity contribution in [3.63, 3.8) is 0 Å². The lowest BCUT2D eigenvalue weighted by Crippen LogP contribution is -2.49. The summed E-state index contributed by atoms with van der Waals surface area (Å²) in [5.74, 6) is 3.54. The molecule has 1 amide bonds. The van der Waals surface area contributed by atoms with Gasteiger partial charge in [-0.2, -0.15) is 5.10 Å². The van der Waals surface area contributed by atoms with E-state index in [4.69, 9.17) is 14.2 Å². The number of hydrogen-bond donors (Lipinski definition) is 0.